The van der Waals surface area contributed by atoms with E-state index in [4.69, 9.17) is 0 Å². The quantitative estimate of drug-likeness (QED) is 0.648. The van der Waals surface area contributed by atoms with E-state index in [1.54, 1.807) is 19.1 Å². The average molecular weight is 202 g/mol. The van der Waals surface area contributed by atoms with Crippen molar-refractivity contribution < 1.29 is 4.79 Å². The van der Waals surface area contributed by atoms with Crippen molar-refractivity contribution in [1.82, 2.24) is 9.78 Å². The third-order valence-corrected chi connectivity index (χ3v) is 2.29. The smallest absolute Gasteiger partial charge is 0.273 e. The molecule has 0 radical (unpaired) electrons. The second-order valence-electron chi connectivity index (χ2n) is 3.37. The van der Waals surface area contributed by atoms with Gasteiger partial charge < -0.3 is 0 Å². The molecule has 1 heterocycles. The molecule has 76 valence electrons. The Bertz CT molecular complexity index is 599. The first-order chi connectivity index (χ1) is 7.11. The number of fused-ring (bicyclic) bond motifs is 1. The van der Waals surface area contributed by atoms with Crippen molar-refractivity contribution >= 4 is 16.7 Å². The molecule has 0 aliphatic rings. The van der Waals surface area contributed by atoms with Crippen LogP contribution in [-0.4, -0.2) is 15.7 Å². The summed E-state index contributed by atoms with van der Waals surface area (Å²) in [6.45, 7) is 3.10. The van der Waals surface area contributed by atoms with E-state index in [-0.39, 0.29) is 11.5 Å². The van der Waals surface area contributed by atoms with Crippen LogP contribution in [-0.2, 0) is 0 Å². The summed E-state index contributed by atoms with van der Waals surface area (Å²) in [4.78, 5) is 23.0. The molecule has 1 aromatic heterocycles. The molecule has 0 spiro atoms. The maximum Gasteiger partial charge on any atom is 0.281 e. The normalized spacial score (nSPS) is 10.5. The minimum absolute atomic E-state index is 0.358. The Labute approximate surface area is 86.1 Å². The monoisotopic (exact) mass is 202 g/mol. The zero-order chi connectivity index (χ0) is 11.0. The van der Waals surface area contributed by atoms with Crippen molar-refractivity contribution in [1.29, 1.82) is 0 Å². The number of hydrogen-bond acceptors (Lipinski definition) is 3. The Kier molecular flexibility index (Phi) is 2.11. The minimum atomic E-state index is -0.367. The fraction of sp³-hybridized carbons (Fsp3) is 0.182. The van der Waals surface area contributed by atoms with E-state index < -0.39 is 0 Å². The number of benzene rings is 1. The van der Waals surface area contributed by atoms with Crippen molar-refractivity contribution in [2.24, 2.45) is 0 Å². The number of aromatic nitrogens is 2. The predicted octanol–water partition coefficient (Wildman–Crippen LogP) is 1.37. The third kappa shape index (κ3) is 1.44. The van der Waals surface area contributed by atoms with Gasteiger partial charge in [0.1, 0.15) is 0 Å². The Morgan fingerprint density at radius 2 is 1.87 bits per heavy atom. The van der Waals surface area contributed by atoms with Gasteiger partial charge in [-0.2, -0.15) is 9.78 Å². The van der Waals surface area contributed by atoms with Crippen LogP contribution >= 0.6 is 0 Å². The number of carbonyl (C=O) groups excluding carboxylic acids is 1. The Balaban J connectivity index is 2.97. The molecule has 0 amide bonds. The van der Waals surface area contributed by atoms with Gasteiger partial charge in [-0.25, -0.2) is 0 Å². The zero-order valence-electron chi connectivity index (χ0n) is 8.52. The van der Waals surface area contributed by atoms with Gasteiger partial charge in [-0.05, 0) is 13.0 Å². The van der Waals surface area contributed by atoms with Gasteiger partial charge in [0, 0.05) is 12.3 Å². The van der Waals surface area contributed by atoms with Gasteiger partial charge in [0.05, 0.1) is 11.1 Å². The zero-order valence-corrected chi connectivity index (χ0v) is 8.52. The molecule has 0 bridgehead atoms. The lowest BCUT2D eigenvalue weighted by molar-refractivity contribution is 0.0915. The molecule has 0 saturated carbocycles. The lowest BCUT2D eigenvalue weighted by Gasteiger charge is -2.04. The predicted molar refractivity (Wildman–Crippen MR) is 57.0 cm³/mol. The minimum Gasteiger partial charge on any atom is -0.273 e. The van der Waals surface area contributed by atoms with Crippen molar-refractivity contribution in [2.45, 2.75) is 13.8 Å². The molecule has 15 heavy (non-hydrogen) atoms. The van der Waals surface area contributed by atoms with Gasteiger partial charge in [-0.1, -0.05) is 18.2 Å². The van der Waals surface area contributed by atoms with E-state index >= 15 is 0 Å². The molecule has 0 saturated heterocycles. The number of hydrogen-bond donors (Lipinski definition) is 0. The highest BCUT2D eigenvalue weighted by molar-refractivity contribution is 5.86. The van der Waals surface area contributed by atoms with Gasteiger partial charge in [0.2, 0.25) is 5.91 Å². The lowest BCUT2D eigenvalue weighted by Crippen LogP contribution is -2.28. The Morgan fingerprint density at radius 1 is 1.27 bits per heavy atom. The third-order valence-electron chi connectivity index (χ3n) is 2.29. The fourth-order valence-electron chi connectivity index (χ4n) is 1.56. The summed E-state index contributed by atoms with van der Waals surface area (Å²) in [6, 6.07) is 7.14. The summed E-state index contributed by atoms with van der Waals surface area (Å²) in [7, 11) is 0. The topological polar surface area (TPSA) is 52.0 Å². The van der Waals surface area contributed by atoms with Gasteiger partial charge in [-0.3, -0.25) is 9.59 Å². The molecule has 0 aliphatic heterocycles. The first-order valence-electron chi connectivity index (χ1n) is 4.61. The number of nitrogens with zero attached hydrogens (tertiary/aromatic N) is 2. The highest BCUT2D eigenvalue weighted by Crippen LogP contribution is 2.11. The van der Waals surface area contributed by atoms with Gasteiger partial charge in [-0.15, -0.1) is 0 Å². The molecule has 2 rings (SSSR count). The molecule has 4 heteroatoms. The first-order valence-corrected chi connectivity index (χ1v) is 4.61. The highest BCUT2D eigenvalue weighted by Gasteiger charge is 2.09. The van der Waals surface area contributed by atoms with Crippen LogP contribution in [0.4, 0.5) is 0 Å². The summed E-state index contributed by atoms with van der Waals surface area (Å²) >= 11 is 0. The van der Waals surface area contributed by atoms with E-state index in [0.717, 1.165) is 10.1 Å². The van der Waals surface area contributed by atoms with Gasteiger partial charge in [0.15, 0.2) is 0 Å². The van der Waals surface area contributed by atoms with E-state index in [9.17, 15) is 9.59 Å². The molecule has 0 fully saturated rings. The number of aryl methyl sites for hydroxylation is 1. The summed E-state index contributed by atoms with van der Waals surface area (Å²) in [5.41, 5.74) is 0.323. The van der Waals surface area contributed by atoms with Crippen molar-refractivity contribution in [2.75, 3.05) is 0 Å². The first kappa shape index (κ1) is 9.58. The van der Waals surface area contributed by atoms with Crippen LogP contribution in [0.2, 0.25) is 0 Å². The van der Waals surface area contributed by atoms with E-state index in [2.05, 4.69) is 5.10 Å². The molecule has 0 unspecified atom stereocenters. The van der Waals surface area contributed by atoms with Crippen LogP contribution in [0.15, 0.2) is 29.1 Å². The van der Waals surface area contributed by atoms with Crippen molar-refractivity contribution in [3.8, 4) is 0 Å². The maximum absolute atomic E-state index is 11.8. The molecular weight excluding hydrogens is 192 g/mol. The lowest BCUT2D eigenvalue weighted by atomic mass is 10.1. The molecule has 0 atom stereocenters. The van der Waals surface area contributed by atoms with E-state index in [0.29, 0.717) is 11.1 Å². The van der Waals surface area contributed by atoms with Gasteiger partial charge in [0.25, 0.3) is 5.56 Å². The molecule has 2 aromatic rings. The summed E-state index contributed by atoms with van der Waals surface area (Å²) < 4.78 is 0.900. The van der Waals surface area contributed by atoms with Crippen molar-refractivity contribution in [3.05, 3.63) is 40.3 Å². The van der Waals surface area contributed by atoms with Crippen LogP contribution in [0, 0.1) is 6.92 Å². The molecule has 0 N–H and O–H groups in total. The summed E-state index contributed by atoms with van der Waals surface area (Å²) in [5.74, 6) is -0.367. The van der Waals surface area contributed by atoms with E-state index in [1.165, 1.54) is 6.92 Å². The van der Waals surface area contributed by atoms with Gasteiger partial charge >= 0.3 is 0 Å². The molecular formula is C11H10N2O2. The number of carbonyl (C=O) groups is 1. The summed E-state index contributed by atoms with van der Waals surface area (Å²) in [6.07, 6.45) is 0. The van der Waals surface area contributed by atoms with Crippen LogP contribution in [0.25, 0.3) is 10.8 Å². The largest absolute Gasteiger partial charge is 0.281 e. The van der Waals surface area contributed by atoms with Crippen molar-refractivity contribution in [3.63, 3.8) is 0 Å². The SMILES string of the molecule is CC(=O)n1nc(C)c2ccccc2c1=O. The Morgan fingerprint density at radius 3 is 2.47 bits per heavy atom. The average Bonchev–Trinajstić information content (AvgIpc) is 2.23. The number of rotatable bonds is 0. The molecule has 1 aromatic carbocycles. The Hall–Kier alpha value is -1.97. The van der Waals surface area contributed by atoms with Crippen LogP contribution < -0.4 is 5.56 Å². The standard InChI is InChI=1S/C11H10N2O2/c1-7-9-5-3-4-6-10(9)11(15)13(12-7)8(2)14/h3-6H,1-2H3. The second kappa shape index (κ2) is 3.31. The van der Waals surface area contributed by atoms with E-state index in [1.807, 2.05) is 12.1 Å². The maximum atomic E-state index is 11.8. The fourth-order valence-corrected chi connectivity index (χ4v) is 1.56. The van der Waals surface area contributed by atoms with Crippen LogP contribution in [0.1, 0.15) is 17.4 Å². The molecule has 0 aliphatic carbocycles. The second-order valence-corrected chi connectivity index (χ2v) is 3.37. The molecule has 4 nitrogen and oxygen atoms in total. The summed E-state index contributed by atoms with van der Waals surface area (Å²) in [5, 5.41) is 5.27. The van der Waals surface area contributed by atoms with Crippen LogP contribution in [0.5, 0.6) is 0 Å². The highest BCUT2D eigenvalue weighted by atomic mass is 16.2. The van der Waals surface area contributed by atoms with Crippen LogP contribution in [0.3, 0.4) is 0 Å².